The van der Waals surface area contributed by atoms with E-state index in [1.807, 2.05) is 0 Å². The third kappa shape index (κ3) is 1.57. The monoisotopic (exact) mass is 215 g/mol. The van der Waals surface area contributed by atoms with Crippen molar-refractivity contribution in [2.75, 3.05) is 31.1 Å². The van der Waals surface area contributed by atoms with Gasteiger partial charge in [0.25, 0.3) is 0 Å². The van der Waals surface area contributed by atoms with Gasteiger partial charge in [0.2, 0.25) is 0 Å². The smallest absolute Gasteiger partial charge is 0.0477 e. The molecule has 0 atom stereocenters. The maximum absolute atomic E-state index is 3.38. The Morgan fingerprint density at radius 1 is 1.19 bits per heavy atom. The average Bonchev–Trinajstić information content (AvgIpc) is 2.72. The Labute approximate surface area is 95.5 Å². The topological polar surface area (TPSA) is 31.1 Å². The SMILES string of the molecule is Cc1c[nH]c2cc(N3CCNCC3)ccc12. The summed E-state index contributed by atoms with van der Waals surface area (Å²) in [6, 6.07) is 6.71. The van der Waals surface area contributed by atoms with E-state index in [1.54, 1.807) is 0 Å². The molecule has 2 heterocycles. The molecule has 0 amide bonds. The second kappa shape index (κ2) is 3.83. The van der Waals surface area contributed by atoms with E-state index in [2.05, 4.69) is 46.5 Å². The molecule has 1 aliphatic rings. The standard InChI is InChI=1S/C13H17N3/c1-10-9-15-13-8-11(2-3-12(10)13)16-6-4-14-5-7-16/h2-3,8-9,14-15H,4-7H2,1H3. The van der Waals surface area contributed by atoms with Gasteiger partial charge in [-0.2, -0.15) is 0 Å². The van der Waals surface area contributed by atoms with Crippen molar-refractivity contribution < 1.29 is 0 Å². The molecule has 84 valence electrons. The van der Waals surface area contributed by atoms with E-state index in [1.165, 1.54) is 22.2 Å². The van der Waals surface area contributed by atoms with Gasteiger partial charge in [0.05, 0.1) is 0 Å². The first-order chi connectivity index (χ1) is 7.84. The fraction of sp³-hybridized carbons (Fsp3) is 0.385. The molecule has 0 spiro atoms. The predicted octanol–water partition coefficient (Wildman–Crippen LogP) is 1.89. The van der Waals surface area contributed by atoms with E-state index in [4.69, 9.17) is 0 Å². The quantitative estimate of drug-likeness (QED) is 0.761. The molecule has 3 heteroatoms. The number of aromatic nitrogens is 1. The van der Waals surface area contributed by atoms with Gasteiger partial charge in [-0.1, -0.05) is 6.07 Å². The van der Waals surface area contributed by atoms with Gasteiger partial charge in [-0.25, -0.2) is 0 Å². The zero-order valence-electron chi connectivity index (χ0n) is 9.59. The molecule has 1 aromatic carbocycles. The van der Waals surface area contributed by atoms with Crippen molar-refractivity contribution in [2.24, 2.45) is 0 Å². The third-order valence-electron chi connectivity index (χ3n) is 3.35. The van der Waals surface area contributed by atoms with Gasteiger partial charge in [-0.05, 0) is 24.6 Å². The van der Waals surface area contributed by atoms with Crippen molar-refractivity contribution in [1.29, 1.82) is 0 Å². The molecule has 0 aliphatic carbocycles. The summed E-state index contributed by atoms with van der Waals surface area (Å²) in [5.41, 5.74) is 3.89. The molecule has 1 aliphatic heterocycles. The summed E-state index contributed by atoms with van der Waals surface area (Å²) in [6.07, 6.45) is 2.08. The predicted molar refractivity (Wildman–Crippen MR) is 68.1 cm³/mol. The number of fused-ring (bicyclic) bond motifs is 1. The molecular weight excluding hydrogens is 198 g/mol. The number of aromatic amines is 1. The molecule has 1 aromatic heterocycles. The molecular formula is C13H17N3. The molecule has 0 saturated carbocycles. The Kier molecular flexibility index (Phi) is 2.33. The van der Waals surface area contributed by atoms with E-state index in [-0.39, 0.29) is 0 Å². The molecule has 0 radical (unpaired) electrons. The van der Waals surface area contributed by atoms with Crippen LogP contribution in [0.5, 0.6) is 0 Å². The lowest BCUT2D eigenvalue weighted by Gasteiger charge is -2.29. The van der Waals surface area contributed by atoms with Gasteiger partial charge in [-0.3, -0.25) is 0 Å². The summed E-state index contributed by atoms with van der Waals surface area (Å²) in [7, 11) is 0. The van der Waals surface area contributed by atoms with Crippen LogP contribution in [0.1, 0.15) is 5.56 Å². The Bertz CT molecular complexity index is 495. The highest BCUT2D eigenvalue weighted by atomic mass is 15.2. The molecule has 16 heavy (non-hydrogen) atoms. The Morgan fingerprint density at radius 2 is 2.00 bits per heavy atom. The number of H-pyrrole nitrogens is 1. The molecule has 0 bridgehead atoms. The zero-order valence-corrected chi connectivity index (χ0v) is 9.59. The van der Waals surface area contributed by atoms with Crippen LogP contribution in [-0.4, -0.2) is 31.2 Å². The number of anilines is 1. The molecule has 2 aromatic rings. The van der Waals surface area contributed by atoms with Crippen LogP contribution in [0.25, 0.3) is 10.9 Å². The zero-order chi connectivity index (χ0) is 11.0. The molecule has 1 saturated heterocycles. The third-order valence-corrected chi connectivity index (χ3v) is 3.35. The summed E-state index contributed by atoms with van der Waals surface area (Å²) in [6.45, 7) is 6.52. The summed E-state index contributed by atoms with van der Waals surface area (Å²) in [5.74, 6) is 0. The Hall–Kier alpha value is -1.48. The van der Waals surface area contributed by atoms with Crippen molar-refractivity contribution in [1.82, 2.24) is 10.3 Å². The molecule has 3 nitrogen and oxygen atoms in total. The highest BCUT2D eigenvalue weighted by molar-refractivity contribution is 5.86. The van der Waals surface area contributed by atoms with Crippen LogP contribution < -0.4 is 10.2 Å². The van der Waals surface area contributed by atoms with Crippen LogP contribution in [0.3, 0.4) is 0 Å². The van der Waals surface area contributed by atoms with E-state index in [0.717, 1.165) is 26.2 Å². The van der Waals surface area contributed by atoms with Crippen LogP contribution in [0.2, 0.25) is 0 Å². The number of aryl methyl sites for hydroxylation is 1. The molecule has 2 N–H and O–H groups in total. The second-order valence-electron chi connectivity index (χ2n) is 4.44. The van der Waals surface area contributed by atoms with Crippen LogP contribution >= 0.6 is 0 Å². The number of benzene rings is 1. The largest absolute Gasteiger partial charge is 0.369 e. The number of nitrogens with zero attached hydrogens (tertiary/aromatic N) is 1. The number of hydrogen-bond donors (Lipinski definition) is 2. The van der Waals surface area contributed by atoms with Gasteiger partial charge in [-0.15, -0.1) is 0 Å². The van der Waals surface area contributed by atoms with Crippen molar-refractivity contribution in [3.63, 3.8) is 0 Å². The molecule has 3 rings (SSSR count). The summed E-state index contributed by atoms with van der Waals surface area (Å²) in [5, 5.41) is 4.71. The van der Waals surface area contributed by atoms with E-state index in [0.29, 0.717) is 0 Å². The summed E-state index contributed by atoms with van der Waals surface area (Å²) in [4.78, 5) is 5.76. The van der Waals surface area contributed by atoms with Crippen LogP contribution in [-0.2, 0) is 0 Å². The fourth-order valence-corrected chi connectivity index (χ4v) is 2.38. The van der Waals surface area contributed by atoms with Crippen LogP contribution in [0.15, 0.2) is 24.4 Å². The number of nitrogens with one attached hydrogen (secondary N) is 2. The van der Waals surface area contributed by atoms with Crippen LogP contribution in [0.4, 0.5) is 5.69 Å². The highest BCUT2D eigenvalue weighted by Gasteiger charge is 2.11. The maximum Gasteiger partial charge on any atom is 0.0477 e. The number of hydrogen-bond acceptors (Lipinski definition) is 2. The van der Waals surface area contributed by atoms with Gasteiger partial charge in [0, 0.05) is 49.0 Å². The number of rotatable bonds is 1. The first-order valence-corrected chi connectivity index (χ1v) is 5.88. The van der Waals surface area contributed by atoms with E-state index >= 15 is 0 Å². The van der Waals surface area contributed by atoms with Gasteiger partial charge in [0.15, 0.2) is 0 Å². The van der Waals surface area contributed by atoms with Crippen molar-refractivity contribution >= 4 is 16.6 Å². The van der Waals surface area contributed by atoms with Crippen molar-refractivity contribution in [3.05, 3.63) is 30.0 Å². The normalized spacial score (nSPS) is 16.9. The van der Waals surface area contributed by atoms with Crippen molar-refractivity contribution in [3.8, 4) is 0 Å². The Morgan fingerprint density at radius 3 is 2.81 bits per heavy atom. The lowest BCUT2D eigenvalue weighted by molar-refractivity contribution is 0.589. The minimum absolute atomic E-state index is 1.09. The highest BCUT2D eigenvalue weighted by Crippen LogP contribution is 2.23. The minimum atomic E-state index is 1.09. The Balaban J connectivity index is 1.97. The summed E-state index contributed by atoms with van der Waals surface area (Å²) >= 11 is 0. The van der Waals surface area contributed by atoms with Crippen molar-refractivity contribution in [2.45, 2.75) is 6.92 Å². The maximum atomic E-state index is 3.38. The van der Waals surface area contributed by atoms with Gasteiger partial charge in [0.1, 0.15) is 0 Å². The van der Waals surface area contributed by atoms with E-state index in [9.17, 15) is 0 Å². The lowest BCUT2D eigenvalue weighted by atomic mass is 10.1. The fourth-order valence-electron chi connectivity index (χ4n) is 2.38. The average molecular weight is 215 g/mol. The first kappa shape index (κ1) is 9.73. The van der Waals surface area contributed by atoms with Gasteiger partial charge >= 0.3 is 0 Å². The molecule has 0 unspecified atom stereocenters. The van der Waals surface area contributed by atoms with E-state index < -0.39 is 0 Å². The minimum Gasteiger partial charge on any atom is -0.369 e. The molecule has 1 fully saturated rings. The number of piperazine rings is 1. The summed E-state index contributed by atoms with van der Waals surface area (Å²) < 4.78 is 0. The first-order valence-electron chi connectivity index (χ1n) is 5.88. The lowest BCUT2D eigenvalue weighted by Crippen LogP contribution is -2.43. The van der Waals surface area contributed by atoms with Crippen LogP contribution in [0, 0.1) is 6.92 Å². The second-order valence-corrected chi connectivity index (χ2v) is 4.44. The van der Waals surface area contributed by atoms with Gasteiger partial charge < -0.3 is 15.2 Å².